The maximum atomic E-state index is 11.2. The van der Waals surface area contributed by atoms with Gasteiger partial charge in [-0.05, 0) is 18.6 Å². The molecule has 0 atom stereocenters. The van der Waals surface area contributed by atoms with Crippen molar-refractivity contribution in [2.24, 2.45) is 7.05 Å². The first-order valence-electron chi connectivity index (χ1n) is 5.50. The number of rotatable bonds is 3. The van der Waals surface area contributed by atoms with Gasteiger partial charge >= 0.3 is 0 Å². The van der Waals surface area contributed by atoms with Crippen LogP contribution in [0.1, 0.15) is 11.3 Å². The number of nitrogens with zero attached hydrogens (tertiary/aromatic N) is 1. The zero-order valence-corrected chi connectivity index (χ0v) is 10.7. The Kier molecular flexibility index (Phi) is 3.38. The van der Waals surface area contributed by atoms with Crippen LogP contribution in [0.5, 0.6) is 0 Å². The van der Waals surface area contributed by atoms with E-state index in [9.17, 15) is 4.79 Å². The molecule has 0 spiro atoms. The zero-order chi connectivity index (χ0) is 12.4. The highest BCUT2D eigenvalue weighted by Crippen LogP contribution is 2.24. The summed E-state index contributed by atoms with van der Waals surface area (Å²) >= 11 is 5.46. The van der Waals surface area contributed by atoms with Gasteiger partial charge in [0.1, 0.15) is 5.88 Å². The largest absolute Gasteiger partial charge is 0.349 e. The summed E-state index contributed by atoms with van der Waals surface area (Å²) in [7, 11) is 2.01. The fourth-order valence-corrected chi connectivity index (χ4v) is 2.21. The summed E-state index contributed by atoms with van der Waals surface area (Å²) < 4.78 is 2.11. The lowest BCUT2D eigenvalue weighted by Crippen LogP contribution is -2.25. The third-order valence-corrected chi connectivity index (χ3v) is 3.32. The summed E-state index contributed by atoms with van der Waals surface area (Å²) in [4.78, 5) is 11.2. The molecule has 0 aliphatic rings. The Balaban J connectivity index is 2.37. The van der Waals surface area contributed by atoms with Crippen LogP contribution >= 0.6 is 11.6 Å². The van der Waals surface area contributed by atoms with Crippen molar-refractivity contribution in [2.45, 2.75) is 13.5 Å². The normalized spacial score (nSPS) is 10.8. The van der Waals surface area contributed by atoms with E-state index in [2.05, 4.69) is 28.9 Å². The van der Waals surface area contributed by atoms with E-state index in [0.29, 0.717) is 6.54 Å². The lowest BCUT2D eigenvalue weighted by Gasteiger charge is -2.06. The Morgan fingerprint density at radius 3 is 2.76 bits per heavy atom. The molecule has 2 aromatic rings. The van der Waals surface area contributed by atoms with Crippen molar-refractivity contribution in [3.63, 3.8) is 0 Å². The molecule has 3 nitrogen and oxygen atoms in total. The van der Waals surface area contributed by atoms with Crippen molar-refractivity contribution in [1.29, 1.82) is 0 Å². The number of carbonyl (C=O) groups excluding carboxylic acids is 1. The molecular weight excluding hydrogens is 236 g/mol. The number of hydrogen-bond acceptors (Lipinski definition) is 1. The fourth-order valence-electron chi connectivity index (χ4n) is 2.12. The Bertz CT molecular complexity index is 521. The van der Waals surface area contributed by atoms with E-state index in [1.807, 2.05) is 19.2 Å². The predicted octanol–water partition coefficient (Wildman–Crippen LogP) is 2.34. The van der Waals surface area contributed by atoms with Crippen molar-refractivity contribution in [3.8, 4) is 0 Å². The summed E-state index contributed by atoms with van der Waals surface area (Å²) in [6.07, 6.45) is 0. The molecule has 4 heteroatoms. The molecule has 0 unspecified atom stereocenters. The van der Waals surface area contributed by atoms with Crippen molar-refractivity contribution in [1.82, 2.24) is 9.88 Å². The van der Waals surface area contributed by atoms with E-state index in [0.717, 1.165) is 5.69 Å². The van der Waals surface area contributed by atoms with Crippen LogP contribution < -0.4 is 5.32 Å². The van der Waals surface area contributed by atoms with Gasteiger partial charge in [0.2, 0.25) is 5.91 Å². The van der Waals surface area contributed by atoms with E-state index in [1.165, 1.54) is 16.5 Å². The lowest BCUT2D eigenvalue weighted by atomic mass is 10.1. The Labute approximate surface area is 105 Å². The number of fused-ring (bicyclic) bond motifs is 1. The number of carbonyl (C=O) groups is 1. The standard InChI is InChI=1S/C13H15ClN2O/c1-9-10-5-3-4-6-11(10)16(2)12(9)8-15-13(17)7-14/h3-6H,7-8H2,1-2H3,(H,15,17). The van der Waals surface area contributed by atoms with Crippen LogP contribution in [0.25, 0.3) is 10.9 Å². The first kappa shape index (κ1) is 12.0. The molecule has 0 aliphatic heterocycles. The molecule has 17 heavy (non-hydrogen) atoms. The number of hydrogen-bond donors (Lipinski definition) is 1. The smallest absolute Gasteiger partial charge is 0.235 e. The lowest BCUT2D eigenvalue weighted by molar-refractivity contribution is -0.118. The zero-order valence-electron chi connectivity index (χ0n) is 9.96. The molecule has 1 N–H and O–H groups in total. The number of para-hydroxylation sites is 1. The maximum absolute atomic E-state index is 11.2. The van der Waals surface area contributed by atoms with Gasteiger partial charge < -0.3 is 9.88 Å². The van der Waals surface area contributed by atoms with Gasteiger partial charge in [-0.2, -0.15) is 0 Å². The average Bonchev–Trinajstić information content (AvgIpc) is 2.60. The minimum Gasteiger partial charge on any atom is -0.349 e. The van der Waals surface area contributed by atoms with Gasteiger partial charge in [0.15, 0.2) is 0 Å². The number of amides is 1. The minimum absolute atomic E-state index is 0.00297. The molecule has 1 aromatic heterocycles. The molecule has 0 saturated carbocycles. The van der Waals surface area contributed by atoms with E-state index in [-0.39, 0.29) is 11.8 Å². The van der Waals surface area contributed by atoms with Gasteiger partial charge in [0, 0.05) is 23.6 Å². The van der Waals surface area contributed by atoms with Gasteiger partial charge in [0.25, 0.3) is 0 Å². The summed E-state index contributed by atoms with van der Waals surface area (Å²) in [5, 5.41) is 4.03. The fraction of sp³-hybridized carbons (Fsp3) is 0.308. The highest BCUT2D eigenvalue weighted by molar-refractivity contribution is 6.27. The summed E-state index contributed by atoms with van der Waals surface area (Å²) in [5.41, 5.74) is 3.50. The van der Waals surface area contributed by atoms with Gasteiger partial charge in [-0.3, -0.25) is 4.79 Å². The van der Waals surface area contributed by atoms with Crippen LogP contribution in [0.15, 0.2) is 24.3 Å². The first-order valence-corrected chi connectivity index (χ1v) is 6.04. The third kappa shape index (κ3) is 2.15. The van der Waals surface area contributed by atoms with Crippen LogP contribution in [0.4, 0.5) is 0 Å². The number of benzene rings is 1. The quantitative estimate of drug-likeness (QED) is 0.834. The summed E-state index contributed by atoms with van der Waals surface area (Å²) in [6.45, 7) is 2.59. The Hall–Kier alpha value is -1.48. The number of halogens is 1. The molecule has 0 saturated heterocycles. The highest BCUT2D eigenvalue weighted by atomic mass is 35.5. The molecule has 1 heterocycles. The van der Waals surface area contributed by atoms with Gasteiger partial charge in [-0.25, -0.2) is 0 Å². The molecule has 2 rings (SSSR count). The highest BCUT2D eigenvalue weighted by Gasteiger charge is 2.11. The number of aryl methyl sites for hydroxylation is 2. The molecule has 0 radical (unpaired) electrons. The Morgan fingerprint density at radius 2 is 2.12 bits per heavy atom. The predicted molar refractivity (Wildman–Crippen MR) is 70.2 cm³/mol. The summed E-state index contributed by atoms with van der Waals surface area (Å²) in [5.74, 6) is -0.139. The third-order valence-electron chi connectivity index (χ3n) is 3.08. The molecule has 1 amide bonds. The SMILES string of the molecule is Cc1c(CNC(=O)CCl)n(C)c2ccccc12. The minimum atomic E-state index is -0.142. The monoisotopic (exact) mass is 250 g/mol. The van der Waals surface area contributed by atoms with E-state index >= 15 is 0 Å². The second-order valence-electron chi connectivity index (χ2n) is 4.06. The van der Waals surface area contributed by atoms with Crippen molar-refractivity contribution in [3.05, 3.63) is 35.5 Å². The molecule has 0 aliphatic carbocycles. The number of aromatic nitrogens is 1. The van der Waals surface area contributed by atoms with E-state index in [4.69, 9.17) is 11.6 Å². The van der Waals surface area contributed by atoms with Gasteiger partial charge in [-0.15, -0.1) is 11.6 Å². The summed E-state index contributed by atoms with van der Waals surface area (Å²) in [6, 6.07) is 8.21. The number of nitrogens with one attached hydrogen (secondary N) is 1. The molecular formula is C13H15ClN2O. The van der Waals surface area contributed by atoms with Crippen molar-refractivity contribution in [2.75, 3.05) is 5.88 Å². The molecule has 0 bridgehead atoms. The van der Waals surface area contributed by atoms with Crippen LogP contribution in [0.3, 0.4) is 0 Å². The van der Waals surface area contributed by atoms with Crippen LogP contribution in [0.2, 0.25) is 0 Å². The van der Waals surface area contributed by atoms with Crippen LogP contribution in [0, 0.1) is 6.92 Å². The van der Waals surface area contributed by atoms with E-state index < -0.39 is 0 Å². The maximum Gasteiger partial charge on any atom is 0.235 e. The Morgan fingerprint density at radius 1 is 1.41 bits per heavy atom. The van der Waals surface area contributed by atoms with Gasteiger partial charge in [0.05, 0.1) is 6.54 Å². The van der Waals surface area contributed by atoms with Crippen molar-refractivity contribution < 1.29 is 4.79 Å². The molecule has 1 aromatic carbocycles. The van der Waals surface area contributed by atoms with Crippen LogP contribution in [-0.2, 0) is 18.4 Å². The average molecular weight is 251 g/mol. The van der Waals surface area contributed by atoms with Crippen LogP contribution in [-0.4, -0.2) is 16.4 Å². The topological polar surface area (TPSA) is 34.0 Å². The number of alkyl halides is 1. The second-order valence-corrected chi connectivity index (χ2v) is 4.33. The molecule has 90 valence electrons. The van der Waals surface area contributed by atoms with Gasteiger partial charge in [-0.1, -0.05) is 18.2 Å². The van der Waals surface area contributed by atoms with Crippen molar-refractivity contribution >= 4 is 28.4 Å². The van der Waals surface area contributed by atoms with E-state index in [1.54, 1.807) is 0 Å². The first-order chi connectivity index (χ1) is 8.15. The molecule has 0 fully saturated rings. The second kappa shape index (κ2) is 4.80.